The Labute approximate surface area is 400 Å². The van der Waals surface area contributed by atoms with Gasteiger partial charge in [-0.1, -0.05) is 250 Å². The number of carbonyl (C=O) groups excluding carboxylic acids is 2. The van der Waals surface area contributed by atoms with Crippen LogP contribution in [0.5, 0.6) is 0 Å². The minimum atomic E-state index is -0.539. The van der Waals surface area contributed by atoms with Crippen LogP contribution in [-0.4, -0.2) is 37.9 Å². The maximum Gasteiger partial charge on any atom is 0.306 e. The van der Waals surface area contributed by atoms with E-state index in [0.717, 1.165) is 44.9 Å². The van der Waals surface area contributed by atoms with Gasteiger partial charge in [-0.05, 0) is 77.0 Å². The van der Waals surface area contributed by atoms with E-state index in [1.807, 2.05) is 0 Å². The fraction of sp³-hybridized carbons (Fsp3) is 0.864. The van der Waals surface area contributed by atoms with E-state index in [1.165, 1.54) is 225 Å². The van der Waals surface area contributed by atoms with Gasteiger partial charge in [0.15, 0.2) is 6.10 Å². The number of hydrogen-bond donors (Lipinski definition) is 0. The normalized spacial score (nSPS) is 12.4. The second-order valence-electron chi connectivity index (χ2n) is 19.2. The van der Waals surface area contributed by atoms with Gasteiger partial charge in [-0.25, -0.2) is 0 Å². The van der Waals surface area contributed by atoms with Crippen LogP contribution in [0, 0.1) is 0 Å². The standard InChI is InChI=1S/C59H110O5/c1-4-7-10-13-16-19-22-25-28-30-32-34-37-40-43-46-49-52-58(60)63-56-57(55-62-54-51-48-45-42-39-36-33-29-26-23-20-17-14-11-8-5-2)64-59(61)53-50-47-44-41-38-35-31-27-24-21-18-15-12-9-6-3/h17,20,25-26,28-29,57H,4-16,18-19,21-24,27,30-56H2,1-3H3/b20-17-,28-25-,29-26-. The first-order valence-corrected chi connectivity index (χ1v) is 28.5. The molecule has 1 unspecified atom stereocenters. The smallest absolute Gasteiger partial charge is 0.306 e. The van der Waals surface area contributed by atoms with Crippen molar-refractivity contribution in [3.05, 3.63) is 36.5 Å². The van der Waals surface area contributed by atoms with E-state index < -0.39 is 6.10 Å². The molecule has 0 aliphatic rings. The van der Waals surface area contributed by atoms with Crippen LogP contribution in [0.1, 0.15) is 303 Å². The van der Waals surface area contributed by atoms with Crippen molar-refractivity contribution in [3.8, 4) is 0 Å². The van der Waals surface area contributed by atoms with Crippen molar-refractivity contribution in [1.82, 2.24) is 0 Å². The Morgan fingerprint density at radius 2 is 0.656 bits per heavy atom. The van der Waals surface area contributed by atoms with E-state index in [1.54, 1.807) is 0 Å². The fourth-order valence-electron chi connectivity index (χ4n) is 8.36. The summed E-state index contributed by atoms with van der Waals surface area (Å²) in [5.41, 5.74) is 0. The molecular formula is C59H110O5. The highest BCUT2D eigenvalue weighted by molar-refractivity contribution is 5.70. The van der Waals surface area contributed by atoms with E-state index in [0.29, 0.717) is 19.4 Å². The Morgan fingerprint density at radius 1 is 0.344 bits per heavy atom. The van der Waals surface area contributed by atoms with Crippen molar-refractivity contribution >= 4 is 11.9 Å². The summed E-state index contributed by atoms with van der Waals surface area (Å²) in [6.45, 7) is 7.83. The SMILES string of the molecule is CCCCC/C=C\C/C=C\CCCCCCCCOCC(COC(=O)CCCCCCCCC/C=C\CCCCCCCC)OC(=O)CCCCCCCCCCCCCCCCC. The zero-order chi connectivity index (χ0) is 46.3. The molecule has 0 aromatic rings. The van der Waals surface area contributed by atoms with Gasteiger partial charge in [-0.3, -0.25) is 9.59 Å². The lowest BCUT2D eigenvalue weighted by Gasteiger charge is -2.18. The summed E-state index contributed by atoms with van der Waals surface area (Å²) in [5.74, 6) is -0.390. The predicted molar refractivity (Wildman–Crippen MR) is 279 cm³/mol. The molecule has 0 fully saturated rings. The molecule has 0 rings (SSSR count). The first kappa shape index (κ1) is 62.1. The fourth-order valence-corrected chi connectivity index (χ4v) is 8.36. The molecule has 1 atom stereocenters. The van der Waals surface area contributed by atoms with Gasteiger partial charge >= 0.3 is 11.9 Å². The van der Waals surface area contributed by atoms with E-state index >= 15 is 0 Å². The molecule has 0 saturated carbocycles. The average Bonchev–Trinajstić information content (AvgIpc) is 3.30. The summed E-state index contributed by atoms with van der Waals surface area (Å²) in [5, 5.41) is 0. The highest BCUT2D eigenvalue weighted by Crippen LogP contribution is 2.16. The van der Waals surface area contributed by atoms with Crippen molar-refractivity contribution in [2.24, 2.45) is 0 Å². The topological polar surface area (TPSA) is 61.8 Å². The first-order valence-electron chi connectivity index (χ1n) is 28.5. The summed E-state index contributed by atoms with van der Waals surface area (Å²) in [6, 6.07) is 0. The number of hydrogen-bond acceptors (Lipinski definition) is 5. The molecule has 0 aliphatic heterocycles. The van der Waals surface area contributed by atoms with Gasteiger partial charge in [0, 0.05) is 19.4 Å². The lowest BCUT2D eigenvalue weighted by Crippen LogP contribution is -2.30. The second-order valence-corrected chi connectivity index (χ2v) is 19.2. The third kappa shape index (κ3) is 52.7. The molecule has 0 aromatic carbocycles. The van der Waals surface area contributed by atoms with Gasteiger partial charge in [0.05, 0.1) is 6.61 Å². The van der Waals surface area contributed by atoms with Crippen LogP contribution < -0.4 is 0 Å². The van der Waals surface area contributed by atoms with Crippen LogP contribution >= 0.6 is 0 Å². The molecule has 0 amide bonds. The highest BCUT2D eigenvalue weighted by atomic mass is 16.6. The molecule has 0 N–H and O–H groups in total. The number of allylic oxidation sites excluding steroid dienone is 6. The first-order chi connectivity index (χ1) is 31.6. The van der Waals surface area contributed by atoms with Crippen molar-refractivity contribution in [1.29, 1.82) is 0 Å². The van der Waals surface area contributed by atoms with E-state index in [2.05, 4.69) is 57.2 Å². The zero-order valence-corrected chi connectivity index (χ0v) is 43.3. The molecule has 64 heavy (non-hydrogen) atoms. The van der Waals surface area contributed by atoms with E-state index in [-0.39, 0.29) is 25.2 Å². The Morgan fingerprint density at radius 3 is 1.08 bits per heavy atom. The van der Waals surface area contributed by atoms with E-state index in [9.17, 15) is 9.59 Å². The molecule has 376 valence electrons. The molecule has 0 aliphatic carbocycles. The molecule has 5 heteroatoms. The van der Waals surface area contributed by atoms with Crippen LogP contribution in [0.3, 0.4) is 0 Å². The minimum Gasteiger partial charge on any atom is -0.462 e. The van der Waals surface area contributed by atoms with Gasteiger partial charge in [0.1, 0.15) is 6.61 Å². The summed E-state index contributed by atoms with van der Waals surface area (Å²) in [7, 11) is 0. The van der Waals surface area contributed by atoms with Crippen LogP contribution in [0.4, 0.5) is 0 Å². The van der Waals surface area contributed by atoms with Crippen LogP contribution in [-0.2, 0) is 23.8 Å². The number of ether oxygens (including phenoxy) is 3. The third-order valence-corrected chi connectivity index (χ3v) is 12.6. The molecule has 0 radical (unpaired) electrons. The number of rotatable bonds is 53. The lowest BCUT2D eigenvalue weighted by molar-refractivity contribution is -0.163. The quantitative estimate of drug-likeness (QED) is 0.0346. The number of esters is 2. The Kier molecular flexibility index (Phi) is 53.8. The van der Waals surface area contributed by atoms with Gasteiger partial charge in [-0.15, -0.1) is 0 Å². The van der Waals surface area contributed by atoms with E-state index in [4.69, 9.17) is 14.2 Å². The molecule has 0 heterocycles. The predicted octanol–water partition coefficient (Wildman–Crippen LogP) is 19.4. The molecule has 5 nitrogen and oxygen atoms in total. The summed E-state index contributed by atoms with van der Waals surface area (Å²) < 4.78 is 17.5. The number of unbranched alkanes of at least 4 members (excludes halogenated alkanes) is 36. The van der Waals surface area contributed by atoms with Crippen LogP contribution in [0.15, 0.2) is 36.5 Å². The molecule has 0 aromatic heterocycles. The van der Waals surface area contributed by atoms with Crippen LogP contribution in [0.2, 0.25) is 0 Å². The molecular weight excluding hydrogens is 789 g/mol. The van der Waals surface area contributed by atoms with Crippen molar-refractivity contribution in [2.75, 3.05) is 19.8 Å². The second kappa shape index (κ2) is 55.4. The average molecular weight is 900 g/mol. The molecule has 0 bridgehead atoms. The van der Waals surface area contributed by atoms with Gasteiger partial charge in [0.2, 0.25) is 0 Å². The monoisotopic (exact) mass is 899 g/mol. The van der Waals surface area contributed by atoms with Crippen molar-refractivity contribution in [3.63, 3.8) is 0 Å². The van der Waals surface area contributed by atoms with Gasteiger partial charge in [0.25, 0.3) is 0 Å². The summed E-state index contributed by atoms with van der Waals surface area (Å²) in [6.07, 6.45) is 67.3. The molecule has 0 spiro atoms. The summed E-state index contributed by atoms with van der Waals surface area (Å²) in [4.78, 5) is 25.5. The number of carbonyl (C=O) groups is 2. The Balaban J connectivity index is 4.25. The zero-order valence-electron chi connectivity index (χ0n) is 43.3. The minimum absolute atomic E-state index is 0.0839. The maximum absolute atomic E-state index is 12.8. The largest absolute Gasteiger partial charge is 0.462 e. The Hall–Kier alpha value is -1.88. The third-order valence-electron chi connectivity index (χ3n) is 12.6. The van der Waals surface area contributed by atoms with Crippen molar-refractivity contribution < 1.29 is 23.8 Å². The van der Waals surface area contributed by atoms with Crippen molar-refractivity contribution in [2.45, 2.75) is 309 Å². The molecule has 0 saturated heterocycles. The maximum atomic E-state index is 12.8. The van der Waals surface area contributed by atoms with Crippen LogP contribution in [0.25, 0.3) is 0 Å². The highest BCUT2D eigenvalue weighted by Gasteiger charge is 2.17. The summed E-state index contributed by atoms with van der Waals surface area (Å²) >= 11 is 0. The van der Waals surface area contributed by atoms with Gasteiger partial charge < -0.3 is 14.2 Å². The Bertz CT molecular complexity index is 1020. The lowest BCUT2D eigenvalue weighted by atomic mass is 10.0. The van der Waals surface area contributed by atoms with Gasteiger partial charge in [-0.2, -0.15) is 0 Å².